The van der Waals surface area contributed by atoms with Gasteiger partial charge in [0.25, 0.3) is 0 Å². The summed E-state index contributed by atoms with van der Waals surface area (Å²) >= 11 is 5.98. The molecule has 0 aliphatic carbocycles. The van der Waals surface area contributed by atoms with Crippen molar-refractivity contribution >= 4 is 22.6 Å². The number of benzene rings is 1. The van der Waals surface area contributed by atoms with Crippen LogP contribution in [0.3, 0.4) is 0 Å². The molecule has 2 aromatic rings. The molecule has 1 heterocycles. The largest absolute Gasteiger partial charge is 0.380 e. The molecule has 0 saturated heterocycles. The van der Waals surface area contributed by atoms with Gasteiger partial charge in [-0.15, -0.1) is 11.6 Å². The number of fused-ring (bicyclic) bond motifs is 1. The van der Waals surface area contributed by atoms with E-state index in [9.17, 15) is 0 Å². The Morgan fingerprint density at radius 3 is 2.89 bits per heavy atom. The summed E-state index contributed by atoms with van der Waals surface area (Å²) < 4.78 is 7.79. The third-order valence-electron chi connectivity index (χ3n) is 3.20. The zero-order chi connectivity index (χ0) is 13.7. The van der Waals surface area contributed by atoms with Crippen molar-refractivity contribution < 1.29 is 4.74 Å². The molecular formula is C15H21ClN2O. The number of unbranched alkanes of at least 4 members (excludes halogenated alkanes) is 1. The van der Waals surface area contributed by atoms with Crippen molar-refractivity contribution in [1.82, 2.24) is 9.55 Å². The number of alkyl halides is 1. The Balaban J connectivity index is 2.11. The lowest BCUT2D eigenvalue weighted by molar-refractivity contribution is 0.124. The van der Waals surface area contributed by atoms with Crippen LogP contribution in [-0.4, -0.2) is 22.8 Å². The van der Waals surface area contributed by atoms with E-state index in [2.05, 4.69) is 41.6 Å². The number of hydrogen-bond acceptors (Lipinski definition) is 2. The number of aryl methyl sites for hydroxylation is 1. The highest BCUT2D eigenvalue weighted by Gasteiger charge is 2.09. The standard InChI is InChI=1S/C15H21ClN2O/c1-3-4-8-19-9-7-18-14-6-5-12(2)10-13(14)17-15(18)11-16/h5-6,10H,3-4,7-9,11H2,1-2H3. The Morgan fingerprint density at radius 2 is 2.16 bits per heavy atom. The second-order valence-corrected chi connectivity index (χ2v) is 5.04. The summed E-state index contributed by atoms with van der Waals surface area (Å²) in [5.41, 5.74) is 3.38. The summed E-state index contributed by atoms with van der Waals surface area (Å²) in [6.45, 7) is 6.60. The lowest BCUT2D eigenvalue weighted by Crippen LogP contribution is -2.09. The number of hydrogen-bond donors (Lipinski definition) is 0. The summed E-state index contributed by atoms with van der Waals surface area (Å²) in [6, 6.07) is 6.32. The SMILES string of the molecule is CCCCOCCn1c(CCl)nc2cc(C)ccc21. The predicted octanol–water partition coefficient (Wildman–Crippen LogP) is 3.90. The van der Waals surface area contributed by atoms with Crippen molar-refractivity contribution in [2.75, 3.05) is 13.2 Å². The van der Waals surface area contributed by atoms with Gasteiger partial charge in [-0.1, -0.05) is 19.4 Å². The molecule has 0 atom stereocenters. The third kappa shape index (κ3) is 3.48. The molecule has 1 aromatic carbocycles. The number of rotatable bonds is 7. The molecule has 1 aromatic heterocycles. The Morgan fingerprint density at radius 1 is 1.32 bits per heavy atom. The summed E-state index contributed by atoms with van der Waals surface area (Å²) in [7, 11) is 0. The van der Waals surface area contributed by atoms with Gasteiger partial charge in [-0.2, -0.15) is 0 Å². The molecule has 0 spiro atoms. The van der Waals surface area contributed by atoms with E-state index >= 15 is 0 Å². The minimum Gasteiger partial charge on any atom is -0.380 e. The normalized spacial score (nSPS) is 11.3. The molecule has 0 aliphatic rings. The summed E-state index contributed by atoms with van der Waals surface area (Å²) in [5.74, 6) is 1.35. The van der Waals surface area contributed by atoms with Crippen LogP contribution in [0.15, 0.2) is 18.2 Å². The third-order valence-corrected chi connectivity index (χ3v) is 3.44. The molecule has 104 valence electrons. The van der Waals surface area contributed by atoms with Crippen molar-refractivity contribution in [3.8, 4) is 0 Å². The van der Waals surface area contributed by atoms with Crippen LogP contribution in [0.1, 0.15) is 31.2 Å². The lowest BCUT2D eigenvalue weighted by atomic mass is 10.2. The maximum absolute atomic E-state index is 5.98. The maximum Gasteiger partial charge on any atom is 0.124 e. The quantitative estimate of drug-likeness (QED) is 0.568. The van der Waals surface area contributed by atoms with E-state index in [0.717, 1.165) is 36.4 Å². The van der Waals surface area contributed by atoms with Crippen LogP contribution in [0.2, 0.25) is 0 Å². The van der Waals surface area contributed by atoms with E-state index in [1.165, 1.54) is 12.0 Å². The van der Waals surface area contributed by atoms with Gasteiger partial charge in [-0.05, 0) is 31.0 Å². The Bertz CT molecular complexity index is 536. The van der Waals surface area contributed by atoms with Crippen molar-refractivity contribution in [3.05, 3.63) is 29.6 Å². The highest BCUT2D eigenvalue weighted by atomic mass is 35.5. The molecule has 0 radical (unpaired) electrons. The second kappa shape index (κ2) is 6.92. The smallest absolute Gasteiger partial charge is 0.124 e. The minimum absolute atomic E-state index is 0.433. The molecule has 3 nitrogen and oxygen atoms in total. The van der Waals surface area contributed by atoms with E-state index in [0.29, 0.717) is 12.5 Å². The zero-order valence-corrected chi connectivity index (χ0v) is 12.4. The van der Waals surface area contributed by atoms with Gasteiger partial charge in [0, 0.05) is 13.2 Å². The van der Waals surface area contributed by atoms with Gasteiger partial charge < -0.3 is 9.30 Å². The molecule has 0 saturated carbocycles. The van der Waals surface area contributed by atoms with Crippen molar-refractivity contribution in [1.29, 1.82) is 0 Å². The van der Waals surface area contributed by atoms with Crippen molar-refractivity contribution in [2.24, 2.45) is 0 Å². The molecule has 0 aliphatic heterocycles. The Labute approximate surface area is 119 Å². The van der Waals surface area contributed by atoms with Gasteiger partial charge in [-0.3, -0.25) is 0 Å². The van der Waals surface area contributed by atoms with Crippen LogP contribution >= 0.6 is 11.6 Å². The van der Waals surface area contributed by atoms with Crippen LogP contribution in [0.5, 0.6) is 0 Å². The van der Waals surface area contributed by atoms with Crippen molar-refractivity contribution in [2.45, 2.75) is 39.1 Å². The first kappa shape index (κ1) is 14.4. The first-order valence-electron chi connectivity index (χ1n) is 6.85. The van der Waals surface area contributed by atoms with Crippen LogP contribution < -0.4 is 0 Å². The summed E-state index contributed by atoms with van der Waals surface area (Å²) in [6.07, 6.45) is 2.28. The highest BCUT2D eigenvalue weighted by molar-refractivity contribution is 6.16. The fourth-order valence-corrected chi connectivity index (χ4v) is 2.35. The molecule has 2 rings (SSSR count). The van der Waals surface area contributed by atoms with Crippen LogP contribution in [0.25, 0.3) is 11.0 Å². The van der Waals surface area contributed by atoms with E-state index < -0.39 is 0 Å². The lowest BCUT2D eigenvalue weighted by Gasteiger charge is -2.08. The monoisotopic (exact) mass is 280 g/mol. The zero-order valence-electron chi connectivity index (χ0n) is 11.7. The molecule has 0 unspecified atom stereocenters. The Kier molecular flexibility index (Phi) is 5.23. The van der Waals surface area contributed by atoms with Gasteiger partial charge in [0.15, 0.2) is 0 Å². The maximum atomic E-state index is 5.98. The van der Waals surface area contributed by atoms with E-state index in [4.69, 9.17) is 16.3 Å². The van der Waals surface area contributed by atoms with Gasteiger partial charge in [-0.25, -0.2) is 4.98 Å². The summed E-state index contributed by atoms with van der Waals surface area (Å²) in [5, 5.41) is 0. The molecule has 0 fully saturated rings. The number of aromatic nitrogens is 2. The molecule has 0 N–H and O–H groups in total. The molecular weight excluding hydrogens is 260 g/mol. The van der Waals surface area contributed by atoms with Gasteiger partial charge in [0.1, 0.15) is 5.82 Å². The number of ether oxygens (including phenoxy) is 1. The molecule has 19 heavy (non-hydrogen) atoms. The first-order valence-corrected chi connectivity index (χ1v) is 7.39. The molecule has 4 heteroatoms. The highest BCUT2D eigenvalue weighted by Crippen LogP contribution is 2.19. The number of halogens is 1. The average molecular weight is 281 g/mol. The average Bonchev–Trinajstić information content (AvgIpc) is 2.75. The van der Waals surface area contributed by atoms with Crippen LogP contribution in [0, 0.1) is 6.92 Å². The summed E-state index contributed by atoms with van der Waals surface area (Å²) in [4.78, 5) is 4.58. The first-order chi connectivity index (χ1) is 9.26. The fraction of sp³-hybridized carbons (Fsp3) is 0.533. The second-order valence-electron chi connectivity index (χ2n) is 4.77. The minimum atomic E-state index is 0.433. The Hall–Kier alpha value is -1.06. The number of imidazole rings is 1. The van der Waals surface area contributed by atoms with Crippen LogP contribution in [-0.2, 0) is 17.2 Å². The van der Waals surface area contributed by atoms with E-state index in [1.54, 1.807) is 0 Å². The van der Waals surface area contributed by atoms with Crippen molar-refractivity contribution in [3.63, 3.8) is 0 Å². The topological polar surface area (TPSA) is 27.1 Å². The van der Waals surface area contributed by atoms with Gasteiger partial charge in [0.2, 0.25) is 0 Å². The molecule has 0 amide bonds. The van der Waals surface area contributed by atoms with Crippen LogP contribution in [0.4, 0.5) is 0 Å². The molecule has 0 bridgehead atoms. The van der Waals surface area contributed by atoms with Gasteiger partial charge in [0.05, 0.1) is 23.5 Å². The predicted molar refractivity (Wildman–Crippen MR) is 79.8 cm³/mol. The van der Waals surface area contributed by atoms with E-state index in [-0.39, 0.29) is 0 Å². The van der Waals surface area contributed by atoms with E-state index in [1.807, 2.05) is 0 Å². The van der Waals surface area contributed by atoms with Gasteiger partial charge >= 0.3 is 0 Å². The number of nitrogens with zero attached hydrogens (tertiary/aromatic N) is 2. The fourth-order valence-electron chi connectivity index (χ4n) is 2.15.